The van der Waals surface area contributed by atoms with Crippen molar-refractivity contribution in [2.45, 2.75) is 71.1 Å². The summed E-state index contributed by atoms with van der Waals surface area (Å²) < 4.78 is 10.7. The van der Waals surface area contributed by atoms with Gasteiger partial charge in [0.25, 0.3) is 0 Å². The molecular weight excluding hydrogens is 626 g/mol. The molecular formula is C33H43N5O10. The Kier molecular flexibility index (Phi) is 14.6. The average Bonchev–Trinajstić information content (AvgIpc) is 3.37. The van der Waals surface area contributed by atoms with Crippen molar-refractivity contribution in [3.8, 4) is 11.5 Å². The largest absolute Gasteiger partial charge is 0.509 e. The third-order valence-corrected chi connectivity index (χ3v) is 7.25. The van der Waals surface area contributed by atoms with Crippen molar-refractivity contribution in [3.63, 3.8) is 0 Å². The molecule has 0 spiro atoms. The van der Waals surface area contributed by atoms with Gasteiger partial charge in [0, 0.05) is 44.1 Å². The van der Waals surface area contributed by atoms with E-state index in [1.54, 1.807) is 24.3 Å². The minimum atomic E-state index is -0.937. The van der Waals surface area contributed by atoms with Crippen LogP contribution in [0.2, 0.25) is 0 Å². The quantitative estimate of drug-likeness (QED) is 0.0587. The Bertz CT molecular complexity index is 1430. The molecule has 1 heterocycles. The number of likely N-dealkylation sites (tertiary alicyclic amines) is 1. The first-order chi connectivity index (χ1) is 22.9. The maximum absolute atomic E-state index is 12.4. The van der Waals surface area contributed by atoms with Crippen molar-refractivity contribution in [2.75, 3.05) is 31.5 Å². The number of rotatable bonds is 18. The predicted molar refractivity (Wildman–Crippen MR) is 172 cm³/mol. The number of unbranched alkanes of at least 4 members (excludes halogenated alkanes) is 2. The van der Waals surface area contributed by atoms with Gasteiger partial charge in [-0.25, -0.2) is 4.79 Å². The van der Waals surface area contributed by atoms with Gasteiger partial charge >= 0.3 is 6.16 Å². The Labute approximate surface area is 278 Å². The Balaban J connectivity index is 1.30. The molecule has 1 aliphatic rings. The Hall–Kier alpha value is -5.18. The van der Waals surface area contributed by atoms with Crippen molar-refractivity contribution >= 4 is 41.4 Å². The zero-order valence-corrected chi connectivity index (χ0v) is 27.1. The number of benzene rings is 2. The highest BCUT2D eigenvalue weighted by Gasteiger charge is 2.28. The molecule has 2 aromatic carbocycles. The first-order valence-electron chi connectivity index (χ1n) is 15.7. The highest BCUT2D eigenvalue weighted by atomic mass is 16.7. The second kappa shape index (κ2) is 18.8. The van der Waals surface area contributed by atoms with Gasteiger partial charge in [0.1, 0.15) is 12.7 Å². The number of aromatic hydroxyl groups is 2. The van der Waals surface area contributed by atoms with Gasteiger partial charge in [-0.2, -0.15) is 0 Å². The Morgan fingerprint density at radius 1 is 0.833 bits per heavy atom. The predicted octanol–water partition coefficient (Wildman–Crippen LogP) is 2.37. The highest BCUT2D eigenvalue weighted by molar-refractivity contribution is 6.01. The van der Waals surface area contributed by atoms with E-state index in [9.17, 15) is 39.0 Å². The number of amides is 5. The second-order valence-electron chi connectivity index (χ2n) is 11.5. The van der Waals surface area contributed by atoms with Crippen LogP contribution >= 0.6 is 0 Å². The smallest absolute Gasteiger partial charge is 0.504 e. The minimum Gasteiger partial charge on any atom is -0.504 e. The molecule has 1 saturated heterocycles. The third kappa shape index (κ3) is 12.9. The van der Waals surface area contributed by atoms with Crippen LogP contribution in [0.4, 0.5) is 10.5 Å². The Morgan fingerprint density at radius 2 is 1.50 bits per heavy atom. The van der Waals surface area contributed by atoms with Gasteiger partial charge in [0.15, 0.2) is 11.5 Å². The molecule has 0 aromatic heterocycles. The maximum atomic E-state index is 12.4. The van der Waals surface area contributed by atoms with Crippen LogP contribution in [0.1, 0.15) is 69.6 Å². The summed E-state index contributed by atoms with van der Waals surface area (Å²) in [7, 11) is 0. The molecule has 2 aromatic rings. The standard InChI is InChI=1S/C33H43N5O10/c1-21(2)34-17-27(23-9-12-25(39)26(40)16-23)48-33(46)47-20-22-7-10-24(11-8-22)37-30(43)19-36-29(42)18-35-28(41)6-4-3-5-15-38-31(44)13-14-32(38)45/h7-12,16,21,27,34,39-40H,3-6,13-15,17-20H2,1-2H3,(H,35,41)(H,36,42)(H,37,43). The zero-order valence-electron chi connectivity index (χ0n) is 27.1. The van der Waals surface area contributed by atoms with E-state index in [-0.39, 0.29) is 80.8 Å². The van der Waals surface area contributed by atoms with Crippen LogP contribution in [0, 0.1) is 0 Å². The van der Waals surface area contributed by atoms with E-state index in [4.69, 9.17) is 9.47 Å². The molecule has 5 amide bonds. The number of hydrogen-bond acceptors (Lipinski definition) is 11. The van der Waals surface area contributed by atoms with Crippen LogP contribution in [0.5, 0.6) is 11.5 Å². The SMILES string of the molecule is CC(C)NCC(OC(=O)OCc1ccc(NC(=O)CNC(=O)CNC(=O)CCCCCN2C(=O)CCC2=O)cc1)c1ccc(O)c(O)c1. The van der Waals surface area contributed by atoms with E-state index in [1.807, 2.05) is 13.8 Å². The summed E-state index contributed by atoms with van der Waals surface area (Å²) in [5.74, 6) is -2.29. The molecule has 48 heavy (non-hydrogen) atoms. The van der Waals surface area contributed by atoms with E-state index < -0.39 is 24.1 Å². The molecule has 1 fully saturated rings. The lowest BCUT2D eigenvalue weighted by Crippen LogP contribution is -2.40. The number of carbonyl (C=O) groups excluding carboxylic acids is 6. The van der Waals surface area contributed by atoms with Crippen LogP contribution in [-0.4, -0.2) is 83.0 Å². The molecule has 6 N–H and O–H groups in total. The number of phenolic OH excluding ortho intramolecular Hbond substituents is 2. The van der Waals surface area contributed by atoms with Crippen molar-refractivity contribution < 1.29 is 48.5 Å². The van der Waals surface area contributed by atoms with Crippen LogP contribution < -0.4 is 21.3 Å². The molecule has 15 heteroatoms. The van der Waals surface area contributed by atoms with Crippen molar-refractivity contribution in [1.29, 1.82) is 0 Å². The van der Waals surface area contributed by atoms with Crippen LogP contribution in [-0.2, 0) is 40.1 Å². The van der Waals surface area contributed by atoms with E-state index in [0.29, 0.717) is 42.6 Å². The second-order valence-corrected chi connectivity index (χ2v) is 11.5. The topological polar surface area (TPSA) is 213 Å². The normalized spacial score (nSPS) is 13.3. The third-order valence-electron chi connectivity index (χ3n) is 7.25. The number of anilines is 1. The van der Waals surface area contributed by atoms with Gasteiger partial charge in [-0.3, -0.25) is 28.9 Å². The van der Waals surface area contributed by atoms with Crippen molar-refractivity contribution in [3.05, 3.63) is 53.6 Å². The number of phenols is 2. The first kappa shape index (κ1) is 37.3. The summed E-state index contributed by atoms with van der Waals surface area (Å²) in [5.41, 5.74) is 1.52. The fourth-order valence-corrected chi connectivity index (χ4v) is 4.61. The number of ether oxygens (including phenoxy) is 2. The Morgan fingerprint density at radius 3 is 2.17 bits per heavy atom. The molecule has 1 atom stereocenters. The lowest BCUT2D eigenvalue weighted by molar-refractivity contribution is -0.138. The van der Waals surface area contributed by atoms with E-state index in [0.717, 1.165) is 0 Å². The van der Waals surface area contributed by atoms with Crippen LogP contribution in [0.25, 0.3) is 0 Å². The van der Waals surface area contributed by atoms with Gasteiger partial charge in [0.05, 0.1) is 13.1 Å². The molecule has 1 unspecified atom stereocenters. The lowest BCUT2D eigenvalue weighted by Gasteiger charge is -2.20. The molecule has 3 rings (SSSR count). The highest BCUT2D eigenvalue weighted by Crippen LogP contribution is 2.29. The summed E-state index contributed by atoms with van der Waals surface area (Å²) in [5, 5.41) is 30.1. The van der Waals surface area contributed by atoms with Crippen LogP contribution in [0.15, 0.2) is 42.5 Å². The fourth-order valence-electron chi connectivity index (χ4n) is 4.61. The zero-order chi connectivity index (χ0) is 35.1. The molecule has 0 aliphatic carbocycles. The fraction of sp³-hybridized carbons (Fsp3) is 0.455. The van der Waals surface area contributed by atoms with Gasteiger partial charge < -0.3 is 41.0 Å². The van der Waals surface area contributed by atoms with E-state index >= 15 is 0 Å². The molecule has 0 bridgehead atoms. The molecule has 260 valence electrons. The van der Waals surface area contributed by atoms with E-state index in [2.05, 4.69) is 21.3 Å². The van der Waals surface area contributed by atoms with Gasteiger partial charge in [0.2, 0.25) is 29.5 Å². The average molecular weight is 670 g/mol. The number of nitrogens with zero attached hydrogens (tertiary/aromatic N) is 1. The van der Waals surface area contributed by atoms with Crippen LogP contribution in [0.3, 0.4) is 0 Å². The molecule has 0 radical (unpaired) electrons. The minimum absolute atomic E-state index is 0.101. The summed E-state index contributed by atoms with van der Waals surface area (Å²) in [6.07, 6.45) is 0.796. The summed E-state index contributed by atoms with van der Waals surface area (Å²) >= 11 is 0. The van der Waals surface area contributed by atoms with Gasteiger partial charge in [-0.15, -0.1) is 0 Å². The number of imide groups is 1. The van der Waals surface area contributed by atoms with E-state index in [1.165, 1.54) is 23.1 Å². The number of nitrogens with one attached hydrogen (secondary N) is 4. The maximum Gasteiger partial charge on any atom is 0.509 e. The summed E-state index contributed by atoms with van der Waals surface area (Å²) in [4.78, 5) is 73.2. The first-order valence-corrected chi connectivity index (χ1v) is 15.7. The van der Waals surface area contributed by atoms with Crippen molar-refractivity contribution in [1.82, 2.24) is 20.9 Å². The van der Waals surface area contributed by atoms with Gasteiger partial charge in [-0.1, -0.05) is 38.5 Å². The summed E-state index contributed by atoms with van der Waals surface area (Å²) in [6.45, 7) is 3.74. The number of hydrogen-bond donors (Lipinski definition) is 6. The summed E-state index contributed by atoms with van der Waals surface area (Å²) in [6, 6.07) is 10.7. The monoisotopic (exact) mass is 669 g/mol. The van der Waals surface area contributed by atoms with Gasteiger partial charge in [-0.05, 0) is 48.2 Å². The van der Waals surface area contributed by atoms with Crippen molar-refractivity contribution in [2.24, 2.45) is 0 Å². The molecule has 15 nitrogen and oxygen atoms in total. The molecule has 0 saturated carbocycles. The molecule has 1 aliphatic heterocycles. The lowest BCUT2D eigenvalue weighted by atomic mass is 10.1. The number of carbonyl (C=O) groups is 6.